The number of carbonyl (C=O) groups is 1. The van der Waals surface area contributed by atoms with E-state index in [0.29, 0.717) is 19.5 Å². The summed E-state index contributed by atoms with van der Waals surface area (Å²) < 4.78 is 0. The summed E-state index contributed by atoms with van der Waals surface area (Å²) in [5.41, 5.74) is -1.20. The van der Waals surface area contributed by atoms with Crippen molar-refractivity contribution in [1.82, 2.24) is 9.80 Å². The number of aliphatic hydroxyl groups excluding tert-OH is 1. The van der Waals surface area contributed by atoms with E-state index in [9.17, 15) is 15.0 Å². The lowest BCUT2D eigenvalue weighted by Crippen LogP contribution is -2.60. The van der Waals surface area contributed by atoms with E-state index in [-0.39, 0.29) is 17.4 Å². The highest BCUT2D eigenvalue weighted by Crippen LogP contribution is 2.27. The van der Waals surface area contributed by atoms with Gasteiger partial charge < -0.3 is 15.1 Å². The maximum Gasteiger partial charge on any atom is 0.255 e. The number of piperidine rings is 2. The molecule has 0 spiro atoms. The first-order valence-electron chi connectivity index (χ1n) is 8.12. The number of hydrogen-bond donors (Lipinski definition) is 2. The second kappa shape index (κ2) is 6.23. The molecule has 2 saturated heterocycles. The lowest BCUT2D eigenvalue weighted by molar-refractivity contribution is -0.161. The van der Waals surface area contributed by atoms with Crippen molar-refractivity contribution in [2.45, 2.75) is 58.2 Å². The molecule has 1 atom stereocenters. The molecule has 0 aromatic heterocycles. The van der Waals surface area contributed by atoms with E-state index in [4.69, 9.17) is 0 Å². The minimum atomic E-state index is -1.24. The van der Waals surface area contributed by atoms with Crippen LogP contribution >= 0.6 is 0 Å². The third kappa shape index (κ3) is 4.41. The van der Waals surface area contributed by atoms with Gasteiger partial charge in [-0.25, -0.2) is 0 Å². The van der Waals surface area contributed by atoms with Crippen LogP contribution in [-0.2, 0) is 4.79 Å². The van der Waals surface area contributed by atoms with Gasteiger partial charge in [0, 0.05) is 32.7 Å². The second-order valence-corrected chi connectivity index (χ2v) is 7.93. The van der Waals surface area contributed by atoms with Gasteiger partial charge in [0.05, 0.1) is 6.10 Å². The molecule has 0 aromatic carbocycles. The summed E-state index contributed by atoms with van der Waals surface area (Å²) in [6.45, 7) is 9.69. The van der Waals surface area contributed by atoms with Crippen molar-refractivity contribution in [3.8, 4) is 0 Å². The highest BCUT2D eigenvalue weighted by Gasteiger charge is 2.44. The highest BCUT2D eigenvalue weighted by molar-refractivity contribution is 5.86. The molecule has 21 heavy (non-hydrogen) atoms. The summed E-state index contributed by atoms with van der Waals surface area (Å²) >= 11 is 0. The van der Waals surface area contributed by atoms with Crippen LogP contribution in [0.25, 0.3) is 0 Å². The lowest BCUT2D eigenvalue weighted by atomic mass is 9.88. The molecular weight excluding hydrogens is 268 g/mol. The zero-order valence-corrected chi connectivity index (χ0v) is 13.6. The van der Waals surface area contributed by atoms with Gasteiger partial charge in [0.2, 0.25) is 0 Å². The van der Waals surface area contributed by atoms with Crippen LogP contribution in [0.1, 0.15) is 46.5 Å². The fraction of sp³-hybridized carbons (Fsp3) is 0.938. The molecule has 0 saturated carbocycles. The average Bonchev–Trinajstić information content (AvgIpc) is 2.37. The summed E-state index contributed by atoms with van der Waals surface area (Å²) in [7, 11) is 0. The highest BCUT2D eigenvalue weighted by atomic mass is 16.3. The van der Waals surface area contributed by atoms with E-state index < -0.39 is 5.60 Å². The van der Waals surface area contributed by atoms with E-state index in [1.54, 1.807) is 0 Å². The number of rotatable bonds is 3. The Bertz CT molecular complexity index is 372. The minimum Gasteiger partial charge on any atom is -0.393 e. The zero-order valence-electron chi connectivity index (χ0n) is 13.6. The van der Waals surface area contributed by atoms with Crippen LogP contribution in [-0.4, -0.2) is 70.3 Å². The van der Waals surface area contributed by atoms with Crippen LogP contribution in [0.2, 0.25) is 0 Å². The van der Waals surface area contributed by atoms with Crippen molar-refractivity contribution >= 4 is 5.91 Å². The molecule has 2 rings (SSSR count). The monoisotopic (exact) mass is 298 g/mol. The third-order valence-electron chi connectivity index (χ3n) is 4.41. The number of likely N-dealkylation sites (tertiary alicyclic amines) is 2. The fourth-order valence-corrected chi connectivity index (χ4v) is 3.38. The molecule has 1 amide bonds. The standard InChI is InChI=1S/C16H30N2O3/c1-15(2,3)11-18-8-4-7-16(21,14(18)20)12-17-9-5-13(19)6-10-17/h13,19,21H,4-12H2,1-3H3. The number of carbonyl (C=O) groups excluding carboxylic acids is 1. The van der Waals surface area contributed by atoms with Crippen LogP contribution in [0, 0.1) is 5.41 Å². The van der Waals surface area contributed by atoms with Crippen molar-refractivity contribution in [3.63, 3.8) is 0 Å². The van der Waals surface area contributed by atoms with Crippen LogP contribution in [0.4, 0.5) is 0 Å². The maximum atomic E-state index is 12.7. The maximum absolute atomic E-state index is 12.7. The summed E-state index contributed by atoms with van der Waals surface area (Å²) in [6, 6.07) is 0. The Labute approximate surface area is 127 Å². The molecule has 0 aliphatic carbocycles. The first-order chi connectivity index (χ1) is 9.70. The Balaban J connectivity index is 1.98. The van der Waals surface area contributed by atoms with Crippen LogP contribution in [0.5, 0.6) is 0 Å². The van der Waals surface area contributed by atoms with E-state index in [1.807, 2.05) is 4.90 Å². The van der Waals surface area contributed by atoms with Crippen LogP contribution < -0.4 is 0 Å². The van der Waals surface area contributed by atoms with E-state index in [1.165, 1.54) is 0 Å². The van der Waals surface area contributed by atoms with Crippen molar-refractivity contribution in [2.24, 2.45) is 5.41 Å². The molecule has 2 fully saturated rings. The van der Waals surface area contributed by atoms with E-state index >= 15 is 0 Å². The number of amides is 1. The summed E-state index contributed by atoms with van der Waals surface area (Å²) in [6.07, 6.45) is 2.64. The van der Waals surface area contributed by atoms with Gasteiger partial charge in [0.1, 0.15) is 0 Å². The van der Waals surface area contributed by atoms with E-state index in [0.717, 1.165) is 38.9 Å². The Hall–Kier alpha value is -0.650. The largest absolute Gasteiger partial charge is 0.393 e. The molecule has 0 bridgehead atoms. The van der Waals surface area contributed by atoms with E-state index in [2.05, 4.69) is 25.7 Å². The molecular formula is C16H30N2O3. The fourth-order valence-electron chi connectivity index (χ4n) is 3.38. The number of hydrogen-bond acceptors (Lipinski definition) is 4. The second-order valence-electron chi connectivity index (χ2n) is 7.93. The number of β-amino-alcohol motifs (C(OH)–C–C–N with tert-alkyl or cyclic N) is 1. The van der Waals surface area contributed by atoms with Crippen LogP contribution in [0.3, 0.4) is 0 Å². The van der Waals surface area contributed by atoms with Gasteiger partial charge >= 0.3 is 0 Å². The van der Waals surface area contributed by atoms with Crippen LogP contribution in [0.15, 0.2) is 0 Å². The molecule has 1 unspecified atom stereocenters. The van der Waals surface area contributed by atoms with Crippen molar-refractivity contribution in [1.29, 1.82) is 0 Å². The quantitative estimate of drug-likeness (QED) is 0.810. The van der Waals surface area contributed by atoms with Crippen molar-refractivity contribution in [3.05, 3.63) is 0 Å². The first-order valence-corrected chi connectivity index (χ1v) is 8.12. The van der Waals surface area contributed by atoms with Gasteiger partial charge in [-0.15, -0.1) is 0 Å². The average molecular weight is 298 g/mol. The molecule has 0 aromatic rings. The molecule has 2 N–H and O–H groups in total. The predicted octanol–water partition coefficient (Wildman–Crippen LogP) is 0.843. The molecule has 5 nitrogen and oxygen atoms in total. The first kappa shape index (κ1) is 16.7. The van der Waals surface area contributed by atoms with Crippen molar-refractivity contribution in [2.75, 3.05) is 32.7 Å². The van der Waals surface area contributed by atoms with Gasteiger partial charge in [0.25, 0.3) is 5.91 Å². The van der Waals surface area contributed by atoms with Gasteiger partial charge in [0.15, 0.2) is 5.60 Å². The minimum absolute atomic E-state index is 0.0448. The topological polar surface area (TPSA) is 64.0 Å². The Kier molecular flexibility index (Phi) is 4.96. The Morgan fingerprint density at radius 3 is 2.43 bits per heavy atom. The molecule has 5 heteroatoms. The number of aliphatic hydroxyl groups is 2. The molecule has 122 valence electrons. The molecule has 0 radical (unpaired) electrons. The smallest absolute Gasteiger partial charge is 0.255 e. The Morgan fingerprint density at radius 1 is 1.24 bits per heavy atom. The summed E-state index contributed by atoms with van der Waals surface area (Å²) in [4.78, 5) is 16.6. The van der Waals surface area contributed by atoms with Gasteiger partial charge in [-0.1, -0.05) is 20.8 Å². The molecule has 2 heterocycles. The predicted molar refractivity (Wildman–Crippen MR) is 81.9 cm³/mol. The van der Waals surface area contributed by atoms with Gasteiger partial charge in [-0.3, -0.25) is 9.69 Å². The Morgan fingerprint density at radius 2 is 1.86 bits per heavy atom. The molecule has 2 aliphatic heterocycles. The van der Waals surface area contributed by atoms with Gasteiger partial charge in [-0.2, -0.15) is 0 Å². The third-order valence-corrected chi connectivity index (χ3v) is 4.41. The number of nitrogens with zero attached hydrogens (tertiary/aromatic N) is 2. The van der Waals surface area contributed by atoms with Crippen molar-refractivity contribution < 1.29 is 15.0 Å². The normalized spacial score (nSPS) is 30.0. The van der Waals surface area contributed by atoms with Gasteiger partial charge in [-0.05, 0) is 31.1 Å². The summed E-state index contributed by atoms with van der Waals surface area (Å²) in [5.74, 6) is -0.116. The lowest BCUT2D eigenvalue weighted by Gasteiger charge is -2.43. The molecule has 2 aliphatic rings. The zero-order chi connectivity index (χ0) is 15.7. The SMILES string of the molecule is CC(C)(C)CN1CCCC(O)(CN2CCC(O)CC2)C1=O. The summed E-state index contributed by atoms with van der Waals surface area (Å²) in [5, 5.41) is 20.4.